The van der Waals surface area contributed by atoms with Gasteiger partial charge in [-0.25, -0.2) is 0 Å². The average Bonchev–Trinajstić information content (AvgIpc) is 2.95. The van der Waals surface area contributed by atoms with Gasteiger partial charge in [-0.2, -0.15) is 0 Å². The fourth-order valence-electron chi connectivity index (χ4n) is 4.70. The normalized spacial score (nSPS) is 10.7. The SMILES string of the molecule is COc1ccc(CCc2ccc(O)cc2-c2cc(O)ccc2CCc2ccc(OC)c(OC)c2)cc1OC. The molecule has 0 saturated heterocycles. The number of phenolic OH excluding ortho intramolecular Hbond substituents is 2. The zero-order valence-corrected chi connectivity index (χ0v) is 22.3. The Morgan fingerprint density at radius 3 is 1.21 bits per heavy atom. The fraction of sp³-hybridized carbons (Fsp3) is 0.250. The van der Waals surface area contributed by atoms with E-state index in [1.54, 1.807) is 52.7 Å². The quantitative estimate of drug-likeness (QED) is 0.242. The molecule has 0 heterocycles. The maximum atomic E-state index is 10.4. The fourth-order valence-corrected chi connectivity index (χ4v) is 4.70. The van der Waals surface area contributed by atoms with Crippen LogP contribution in [0.1, 0.15) is 22.3 Å². The lowest BCUT2D eigenvalue weighted by Crippen LogP contribution is -2.00. The van der Waals surface area contributed by atoms with E-state index in [0.717, 1.165) is 59.1 Å². The van der Waals surface area contributed by atoms with Crippen LogP contribution in [0.4, 0.5) is 0 Å². The lowest BCUT2D eigenvalue weighted by molar-refractivity contribution is 0.354. The van der Waals surface area contributed by atoms with E-state index in [0.29, 0.717) is 23.0 Å². The van der Waals surface area contributed by atoms with Crippen LogP contribution in [-0.4, -0.2) is 38.7 Å². The largest absolute Gasteiger partial charge is 0.508 e. The van der Waals surface area contributed by atoms with Crippen LogP contribution in [0.3, 0.4) is 0 Å². The van der Waals surface area contributed by atoms with Crippen LogP contribution in [0.5, 0.6) is 34.5 Å². The summed E-state index contributed by atoms with van der Waals surface area (Å²) < 4.78 is 21.6. The van der Waals surface area contributed by atoms with E-state index >= 15 is 0 Å². The molecule has 2 N–H and O–H groups in total. The third-order valence-electron chi connectivity index (χ3n) is 6.74. The number of aromatic hydroxyl groups is 2. The number of hydrogen-bond donors (Lipinski definition) is 2. The maximum Gasteiger partial charge on any atom is 0.160 e. The number of rotatable bonds is 11. The Hall–Kier alpha value is -4.32. The Kier molecular flexibility index (Phi) is 8.64. The van der Waals surface area contributed by atoms with Gasteiger partial charge in [0.25, 0.3) is 0 Å². The van der Waals surface area contributed by atoms with Gasteiger partial charge in [0.15, 0.2) is 23.0 Å². The lowest BCUT2D eigenvalue weighted by Gasteiger charge is -2.16. The van der Waals surface area contributed by atoms with Gasteiger partial charge in [0.2, 0.25) is 0 Å². The lowest BCUT2D eigenvalue weighted by atomic mass is 9.90. The molecule has 0 aliphatic heterocycles. The Balaban J connectivity index is 1.61. The van der Waals surface area contributed by atoms with Crippen LogP contribution in [0.2, 0.25) is 0 Å². The van der Waals surface area contributed by atoms with E-state index < -0.39 is 0 Å². The molecule has 0 aliphatic carbocycles. The summed E-state index contributed by atoms with van der Waals surface area (Å²) in [5, 5.41) is 20.7. The second kappa shape index (κ2) is 12.3. The second-order valence-corrected chi connectivity index (χ2v) is 9.06. The van der Waals surface area contributed by atoms with E-state index in [4.69, 9.17) is 18.9 Å². The Bertz CT molecular complexity index is 1290. The van der Waals surface area contributed by atoms with Gasteiger partial charge in [0.1, 0.15) is 11.5 Å². The van der Waals surface area contributed by atoms with E-state index in [2.05, 4.69) is 0 Å². The first-order valence-electron chi connectivity index (χ1n) is 12.5. The monoisotopic (exact) mass is 514 g/mol. The predicted molar refractivity (Wildman–Crippen MR) is 149 cm³/mol. The van der Waals surface area contributed by atoms with Crippen molar-refractivity contribution in [1.29, 1.82) is 0 Å². The second-order valence-electron chi connectivity index (χ2n) is 9.06. The highest BCUT2D eigenvalue weighted by molar-refractivity contribution is 5.73. The molecule has 0 fully saturated rings. The van der Waals surface area contributed by atoms with Crippen molar-refractivity contribution in [2.45, 2.75) is 25.7 Å². The molecule has 0 aliphatic rings. The van der Waals surface area contributed by atoms with Crippen molar-refractivity contribution in [2.24, 2.45) is 0 Å². The van der Waals surface area contributed by atoms with Gasteiger partial charge in [0, 0.05) is 0 Å². The van der Waals surface area contributed by atoms with E-state index in [1.807, 2.05) is 48.5 Å². The van der Waals surface area contributed by atoms with Crippen molar-refractivity contribution in [1.82, 2.24) is 0 Å². The van der Waals surface area contributed by atoms with Gasteiger partial charge in [-0.3, -0.25) is 0 Å². The summed E-state index contributed by atoms with van der Waals surface area (Å²) in [5.74, 6) is 3.15. The summed E-state index contributed by atoms with van der Waals surface area (Å²) in [6, 6.07) is 22.7. The van der Waals surface area contributed by atoms with Crippen LogP contribution < -0.4 is 18.9 Å². The minimum atomic E-state index is 0.184. The highest BCUT2D eigenvalue weighted by Crippen LogP contribution is 2.35. The molecule has 6 nitrogen and oxygen atoms in total. The molecular formula is C32H34O6. The molecule has 4 aromatic carbocycles. The summed E-state index contributed by atoms with van der Waals surface area (Å²) in [7, 11) is 6.51. The average molecular weight is 515 g/mol. The summed E-state index contributed by atoms with van der Waals surface area (Å²) in [4.78, 5) is 0. The van der Waals surface area contributed by atoms with Crippen molar-refractivity contribution in [3.63, 3.8) is 0 Å². The summed E-state index contributed by atoms with van der Waals surface area (Å²) in [6.07, 6.45) is 3.04. The summed E-state index contributed by atoms with van der Waals surface area (Å²) >= 11 is 0. The smallest absolute Gasteiger partial charge is 0.160 e. The molecule has 0 atom stereocenters. The van der Waals surface area contributed by atoms with Gasteiger partial charge in [-0.05, 0) is 108 Å². The Morgan fingerprint density at radius 1 is 0.447 bits per heavy atom. The Labute approximate surface area is 224 Å². The molecule has 0 bridgehead atoms. The zero-order valence-electron chi connectivity index (χ0n) is 22.3. The molecule has 198 valence electrons. The minimum Gasteiger partial charge on any atom is -0.508 e. The molecule has 0 aromatic heterocycles. The van der Waals surface area contributed by atoms with Crippen LogP contribution in [0.15, 0.2) is 72.8 Å². The van der Waals surface area contributed by atoms with E-state index in [9.17, 15) is 10.2 Å². The van der Waals surface area contributed by atoms with E-state index in [-0.39, 0.29) is 11.5 Å². The molecular weight excluding hydrogens is 480 g/mol. The number of phenols is 2. The summed E-state index contributed by atoms with van der Waals surface area (Å²) in [6.45, 7) is 0. The van der Waals surface area contributed by atoms with Crippen LogP contribution in [0.25, 0.3) is 11.1 Å². The number of hydrogen-bond acceptors (Lipinski definition) is 6. The minimum absolute atomic E-state index is 0.184. The summed E-state index contributed by atoms with van der Waals surface area (Å²) in [5.41, 5.74) is 6.20. The van der Waals surface area contributed by atoms with Gasteiger partial charge in [-0.1, -0.05) is 24.3 Å². The molecule has 4 rings (SSSR count). The number of benzene rings is 4. The topological polar surface area (TPSA) is 77.4 Å². The van der Waals surface area contributed by atoms with Crippen molar-refractivity contribution in [3.05, 3.63) is 95.1 Å². The standard InChI is InChI=1S/C32H34O6/c1-35-29-15-7-21(17-31(29)37-3)5-9-23-11-13-25(33)19-27(23)28-20-26(34)14-12-24(28)10-6-22-8-16-30(36-2)32(18-22)38-4/h7-8,11-20,33-34H,5-6,9-10H2,1-4H3. The first kappa shape index (κ1) is 26.7. The molecule has 38 heavy (non-hydrogen) atoms. The van der Waals surface area contributed by atoms with Gasteiger partial charge < -0.3 is 29.2 Å². The number of aryl methyl sites for hydroxylation is 4. The molecule has 0 unspecified atom stereocenters. The van der Waals surface area contributed by atoms with Gasteiger partial charge in [-0.15, -0.1) is 0 Å². The molecule has 0 saturated carbocycles. The molecule has 4 aromatic rings. The zero-order chi connectivity index (χ0) is 27.1. The first-order valence-corrected chi connectivity index (χ1v) is 12.5. The van der Waals surface area contributed by atoms with Crippen LogP contribution in [0, 0.1) is 0 Å². The molecule has 0 spiro atoms. The number of ether oxygens (including phenoxy) is 4. The van der Waals surface area contributed by atoms with Gasteiger partial charge in [0.05, 0.1) is 28.4 Å². The highest BCUT2D eigenvalue weighted by Gasteiger charge is 2.14. The predicted octanol–water partition coefficient (Wildman–Crippen LogP) is 6.37. The third-order valence-corrected chi connectivity index (χ3v) is 6.74. The van der Waals surface area contributed by atoms with Crippen molar-refractivity contribution < 1.29 is 29.2 Å². The van der Waals surface area contributed by atoms with Crippen LogP contribution >= 0.6 is 0 Å². The van der Waals surface area contributed by atoms with Crippen molar-refractivity contribution >= 4 is 0 Å². The molecule has 6 heteroatoms. The molecule has 0 radical (unpaired) electrons. The Morgan fingerprint density at radius 2 is 0.842 bits per heavy atom. The maximum absolute atomic E-state index is 10.4. The van der Waals surface area contributed by atoms with Crippen molar-refractivity contribution in [3.8, 4) is 45.6 Å². The number of methoxy groups -OCH3 is 4. The highest BCUT2D eigenvalue weighted by atomic mass is 16.5. The molecule has 0 amide bonds. The third kappa shape index (κ3) is 6.14. The van der Waals surface area contributed by atoms with Crippen LogP contribution in [-0.2, 0) is 25.7 Å². The van der Waals surface area contributed by atoms with E-state index in [1.165, 1.54) is 0 Å². The van der Waals surface area contributed by atoms with Crippen molar-refractivity contribution in [2.75, 3.05) is 28.4 Å². The van der Waals surface area contributed by atoms with Gasteiger partial charge >= 0.3 is 0 Å². The first-order chi connectivity index (χ1) is 18.4.